The van der Waals surface area contributed by atoms with Crippen LogP contribution in [-0.4, -0.2) is 32.5 Å². The molecule has 20 heavy (non-hydrogen) atoms. The zero-order valence-corrected chi connectivity index (χ0v) is 10.8. The summed E-state index contributed by atoms with van der Waals surface area (Å²) in [7, 11) is -1.08. The number of alkyl halides is 3. The maximum atomic E-state index is 12.7. The van der Waals surface area contributed by atoms with Crippen LogP contribution in [-0.2, 0) is 21.8 Å². The lowest BCUT2D eigenvalue weighted by atomic mass is 10.1. The number of rotatable bonds is 2. The number of nitrogens with zero attached hydrogens (tertiary/aromatic N) is 1. The molecular formula is C11H9F3N2O3S. The summed E-state index contributed by atoms with van der Waals surface area (Å²) >= 11 is 0. The molecule has 5 nitrogen and oxygen atoms in total. The van der Waals surface area contributed by atoms with Crippen LogP contribution in [0.1, 0.15) is 15.9 Å². The third kappa shape index (κ3) is 3.03. The topological polar surface area (TPSA) is 76.1 Å². The van der Waals surface area contributed by atoms with E-state index in [0.717, 1.165) is 12.4 Å². The van der Waals surface area contributed by atoms with Crippen molar-refractivity contribution in [2.75, 3.05) is 11.5 Å². The normalized spacial score (nSPS) is 21.9. The van der Waals surface area contributed by atoms with Gasteiger partial charge < -0.3 is 0 Å². The second-order valence-electron chi connectivity index (χ2n) is 4.21. The fraction of sp³-hybridized carbons (Fsp3) is 0.364. The quantitative estimate of drug-likeness (QED) is 0.818. The van der Waals surface area contributed by atoms with Crippen LogP contribution >= 0.6 is 0 Å². The van der Waals surface area contributed by atoms with Gasteiger partial charge in [0.05, 0.1) is 17.0 Å². The molecule has 2 amide bonds. The summed E-state index contributed by atoms with van der Waals surface area (Å²) in [5.41, 5.74) is -1.87. The van der Waals surface area contributed by atoms with Crippen molar-refractivity contribution in [3.8, 4) is 0 Å². The molecule has 0 bridgehead atoms. The number of carbonyl (C=O) groups excluding carboxylic acids is 2. The molecule has 2 rings (SSSR count). The number of aromatic nitrogens is 1. The zero-order chi connectivity index (χ0) is 14.9. The molecule has 1 aliphatic rings. The highest BCUT2D eigenvalue weighted by Gasteiger charge is 2.37. The summed E-state index contributed by atoms with van der Waals surface area (Å²) in [4.78, 5) is 26.7. The Hall–Kier alpha value is -1.77. The zero-order valence-electron chi connectivity index (χ0n) is 9.94. The molecule has 1 saturated heterocycles. The van der Waals surface area contributed by atoms with Crippen LogP contribution in [0.15, 0.2) is 18.5 Å². The highest BCUT2D eigenvalue weighted by Crippen LogP contribution is 2.31. The van der Waals surface area contributed by atoms with E-state index in [1.165, 1.54) is 0 Å². The fourth-order valence-corrected chi connectivity index (χ4v) is 2.76. The standard InChI is InChI=1S/C11H9F3N2O3S/c12-11(13,14)8-1-2-15-3-7(8)10(18)16-9(17)6-4-20(19)5-6/h1-3,6H,4-5H2,(H,16,17,18). The maximum absolute atomic E-state index is 12.7. The van der Waals surface area contributed by atoms with Crippen molar-refractivity contribution in [3.05, 3.63) is 29.6 Å². The van der Waals surface area contributed by atoms with Crippen LogP contribution < -0.4 is 5.32 Å². The number of amides is 2. The number of hydrogen-bond donors (Lipinski definition) is 1. The lowest BCUT2D eigenvalue weighted by Gasteiger charge is -2.23. The van der Waals surface area contributed by atoms with Gasteiger partial charge >= 0.3 is 6.18 Å². The Morgan fingerprint density at radius 3 is 2.55 bits per heavy atom. The predicted octanol–water partition coefficient (Wildman–Crippen LogP) is 0.735. The fourth-order valence-electron chi connectivity index (χ4n) is 1.66. The molecule has 0 atom stereocenters. The summed E-state index contributed by atoms with van der Waals surface area (Å²) in [6.45, 7) is 0. The highest BCUT2D eigenvalue weighted by molar-refractivity contribution is 7.86. The molecule has 0 radical (unpaired) electrons. The molecule has 1 aromatic heterocycles. The molecule has 0 aliphatic carbocycles. The first kappa shape index (κ1) is 14.6. The molecule has 0 saturated carbocycles. The summed E-state index contributed by atoms with van der Waals surface area (Å²) < 4.78 is 48.9. The summed E-state index contributed by atoms with van der Waals surface area (Å²) in [5, 5.41) is 1.88. The van der Waals surface area contributed by atoms with Gasteiger partial charge in [0.15, 0.2) is 0 Å². The van der Waals surface area contributed by atoms with Crippen LogP contribution in [0, 0.1) is 5.92 Å². The van der Waals surface area contributed by atoms with Gasteiger partial charge in [0.1, 0.15) is 0 Å². The van der Waals surface area contributed by atoms with Gasteiger partial charge in [0, 0.05) is 34.7 Å². The largest absolute Gasteiger partial charge is 0.417 e. The van der Waals surface area contributed by atoms with Gasteiger partial charge in [-0.15, -0.1) is 0 Å². The molecule has 9 heteroatoms. The molecule has 1 N–H and O–H groups in total. The molecule has 0 aromatic carbocycles. The van der Waals surface area contributed by atoms with Gasteiger partial charge in [-0.05, 0) is 6.07 Å². The van der Waals surface area contributed by atoms with E-state index in [0.29, 0.717) is 6.07 Å². The van der Waals surface area contributed by atoms with Gasteiger partial charge in [-0.3, -0.25) is 24.1 Å². The third-order valence-corrected chi connectivity index (χ3v) is 4.30. The number of halogens is 3. The monoisotopic (exact) mass is 306 g/mol. The number of pyridine rings is 1. The van der Waals surface area contributed by atoms with Gasteiger partial charge in [0.25, 0.3) is 5.91 Å². The minimum atomic E-state index is -4.71. The van der Waals surface area contributed by atoms with Crippen molar-refractivity contribution in [1.29, 1.82) is 0 Å². The number of nitrogens with one attached hydrogen (secondary N) is 1. The van der Waals surface area contributed by atoms with Crippen molar-refractivity contribution in [2.45, 2.75) is 6.18 Å². The van der Waals surface area contributed by atoms with Gasteiger partial charge in [-0.25, -0.2) is 0 Å². The molecular weight excluding hydrogens is 297 g/mol. The SMILES string of the molecule is O=C(NC(=O)C1CS(=O)C1)c1cnccc1C(F)(F)F. The van der Waals surface area contributed by atoms with E-state index in [-0.39, 0.29) is 11.5 Å². The molecule has 1 aliphatic heterocycles. The Morgan fingerprint density at radius 2 is 2.00 bits per heavy atom. The number of hydrogen-bond acceptors (Lipinski definition) is 4. The van der Waals surface area contributed by atoms with Crippen molar-refractivity contribution in [2.24, 2.45) is 5.92 Å². The van der Waals surface area contributed by atoms with Crippen LogP contribution in [0.5, 0.6) is 0 Å². The van der Waals surface area contributed by atoms with Crippen LogP contribution in [0.2, 0.25) is 0 Å². The van der Waals surface area contributed by atoms with Crippen molar-refractivity contribution >= 4 is 22.6 Å². The van der Waals surface area contributed by atoms with Crippen molar-refractivity contribution < 1.29 is 27.0 Å². The maximum Gasteiger partial charge on any atom is 0.417 e. The molecule has 108 valence electrons. The molecule has 1 fully saturated rings. The van der Waals surface area contributed by atoms with Crippen molar-refractivity contribution in [3.63, 3.8) is 0 Å². The summed E-state index contributed by atoms with van der Waals surface area (Å²) in [6.07, 6.45) is -3.04. The third-order valence-electron chi connectivity index (χ3n) is 2.75. The Balaban J connectivity index is 2.14. The minimum Gasteiger partial charge on any atom is -0.292 e. The van der Waals surface area contributed by atoms with E-state index in [1.54, 1.807) is 0 Å². The van der Waals surface area contributed by atoms with Gasteiger partial charge in [0.2, 0.25) is 5.91 Å². The van der Waals surface area contributed by atoms with E-state index >= 15 is 0 Å². The number of imide groups is 1. The molecule has 1 aromatic rings. The second kappa shape index (κ2) is 5.31. The van der Waals surface area contributed by atoms with Crippen molar-refractivity contribution in [1.82, 2.24) is 10.3 Å². The Kier molecular flexibility index (Phi) is 3.89. The van der Waals surface area contributed by atoms with Gasteiger partial charge in [-0.2, -0.15) is 13.2 Å². The molecule has 0 spiro atoms. The first-order valence-electron chi connectivity index (χ1n) is 5.50. The second-order valence-corrected chi connectivity index (χ2v) is 5.75. The van der Waals surface area contributed by atoms with Crippen LogP contribution in [0.3, 0.4) is 0 Å². The van der Waals surface area contributed by atoms with Crippen LogP contribution in [0.25, 0.3) is 0 Å². The van der Waals surface area contributed by atoms with E-state index in [4.69, 9.17) is 0 Å². The highest BCUT2D eigenvalue weighted by atomic mass is 32.2. The predicted molar refractivity (Wildman–Crippen MR) is 63.1 cm³/mol. The Labute approximate surface area is 114 Å². The van der Waals surface area contributed by atoms with E-state index in [2.05, 4.69) is 4.98 Å². The molecule has 0 unspecified atom stereocenters. The van der Waals surface area contributed by atoms with Gasteiger partial charge in [-0.1, -0.05) is 0 Å². The lowest BCUT2D eigenvalue weighted by Crippen LogP contribution is -2.46. The first-order chi connectivity index (χ1) is 9.29. The smallest absolute Gasteiger partial charge is 0.292 e. The van der Waals surface area contributed by atoms with Crippen LogP contribution in [0.4, 0.5) is 13.2 Å². The average molecular weight is 306 g/mol. The Morgan fingerprint density at radius 1 is 1.35 bits per heavy atom. The first-order valence-corrected chi connectivity index (χ1v) is 6.99. The molecule has 2 heterocycles. The number of carbonyl (C=O) groups is 2. The minimum absolute atomic E-state index is 0.123. The Bertz CT molecular complexity index is 581. The summed E-state index contributed by atoms with van der Waals surface area (Å²) in [6, 6.07) is 0.664. The average Bonchev–Trinajstić information content (AvgIpc) is 2.33. The lowest BCUT2D eigenvalue weighted by molar-refractivity contribution is -0.138. The van der Waals surface area contributed by atoms with E-state index in [9.17, 15) is 27.0 Å². The summed E-state index contributed by atoms with van der Waals surface area (Å²) in [5.74, 6) is -2.22. The van der Waals surface area contributed by atoms with E-state index in [1.807, 2.05) is 5.32 Å². The van der Waals surface area contributed by atoms with E-state index < -0.39 is 45.8 Å².